The van der Waals surface area contributed by atoms with Crippen LogP contribution in [0.4, 0.5) is 0 Å². The summed E-state index contributed by atoms with van der Waals surface area (Å²) in [5, 5.41) is 13.7. The third-order valence-corrected chi connectivity index (χ3v) is 6.32. The average Bonchev–Trinajstić information content (AvgIpc) is 3.23. The third kappa shape index (κ3) is 1.12. The van der Waals surface area contributed by atoms with Gasteiger partial charge in [-0.25, -0.2) is 4.79 Å². The van der Waals surface area contributed by atoms with Crippen molar-refractivity contribution >= 4 is 11.9 Å². The van der Waals surface area contributed by atoms with Gasteiger partial charge in [0.05, 0.1) is 11.5 Å². The monoisotopic (exact) mass is 279 g/mol. The number of carbonyl (C=O) groups is 2. The van der Waals surface area contributed by atoms with Crippen LogP contribution in [-0.4, -0.2) is 34.2 Å². The van der Waals surface area contributed by atoms with Crippen LogP contribution < -0.4 is 5.32 Å². The molecule has 0 aromatic carbocycles. The molecule has 110 valence electrons. The van der Waals surface area contributed by atoms with E-state index in [4.69, 9.17) is 4.74 Å². The second-order valence-corrected chi connectivity index (χ2v) is 7.11. The van der Waals surface area contributed by atoms with E-state index in [1.807, 2.05) is 6.92 Å². The van der Waals surface area contributed by atoms with Crippen LogP contribution in [0, 0.1) is 11.3 Å². The van der Waals surface area contributed by atoms with E-state index in [0.29, 0.717) is 0 Å². The molecule has 0 bridgehead atoms. The summed E-state index contributed by atoms with van der Waals surface area (Å²) in [7, 11) is 0. The number of amides is 1. The van der Waals surface area contributed by atoms with Gasteiger partial charge in [0.25, 0.3) is 0 Å². The summed E-state index contributed by atoms with van der Waals surface area (Å²) in [5.74, 6) is -0.471. The molecule has 3 atom stereocenters. The smallest absolute Gasteiger partial charge is 0.339 e. The predicted octanol–water partition coefficient (Wildman–Crippen LogP) is 0.892. The van der Waals surface area contributed by atoms with Gasteiger partial charge in [0.2, 0.25) is 11.4 Å². The Hall–Kier alpha value is -1.10. The first-order valence-electron chi connectivity index (χ1n) is 7.72. The molecular weight excluding hydrogens is 258 g/mol. The normalized spacial score (nSPS) is 43.5. The first-order valence-corrected chi connectivity index (χ1v) is 7.72. The van der Waals surface area contributed by atoms with Crippen molar-refractivity contribution in [3.05, 3.63) is 0 Å². The molecule has 2 N–H and O–H groups in total. The molecule has 1 spiro atoms. The van der Waals surface area contributed by atoms with Crippen LogP contribution in [0.3, 0.4) is 0 Å². The maximum absolute atomic E-state index is 12.3. The van der Waals surface area contributed by atoms with Crippen molar-refractivity contribution in [3.8, 4) is 0 Å². The predicted molar refractivity (Wildman–Crippen MR) is 69.6 cm³/mol. The topological polar surface area (TPSA) is 75.6 Å². The first kappa shape index (κ1) is 12.6. The van der Waals surface area contributed by atoms with Crippen molar-refractivity contribution in [1.29, 1.82) is 0 Å². The van der Waals surface area contributed by atoms with Crippen molar-refractivity contribution in [2.75, 3.05) is 0 Å². The van der Waals surface area contributed by atoms with Crippen molar-refractivity contribution in [1.82, 2.24) is 5.32 Å². The highest BCUT2D eigenvalue weighted by Crippen LogP contribution is 2.68. The Labute approximate surface area is 118 Å². The lowest BCUT2D eigenvalue weighted by molar-refractivity contribution is -0.243. The van der Waals surface area contributed by atoms with Gasteiger partial charge < -0.3 is 15.2 Å². The molecule has 0 aromatic rings. The number of rotatable bonds is 2. The van der Waals surface area contributed by atoms with Crippen LogP contribution in [0.25, 0.3) is 0 Å². The summed E-state index contributed by atoms with van der Waals surface area (Å²) in [5.41, 5.74) is -2.62. The largest absolute Gasteiger partial charge is 0.453 e. The van der Waals surface area contributed by atoms with E-state index in [-0.39, 0.29) is 11.8 Å². The number of carbonyl (C=O) groups excluding carboxylic acids is 2. The molecule has 2 saturated heterocycles. The molecule has 2 heterocycles. The summed E-state index contributed by atoms with van der Waals surface area (Å²) in [4.78, 5) is 24.5. The molecule has 4 rings (SSSR count). The summed E-state index contributed by atoms with van der Waals surface area (Å²) in [6.07, 6.45) is 5.89. The molecule has 5 heteroatoms. The van der Waals surface area contributed by atoms with Crippen LogP contribution in [0.15, 0.2) is 0 Å². The quantitative estimate of drug-likeness (QED) is 0.736. The Morgan fingerprint density at radius 2 is 1.90 bits per heavy atom. The van der Waals surface area contributed by atoms with E-state index in [2.05, 4.69) is 5.32 Å². The number of aliphatic hydroxyl groups excluding tert-OH is 1. The molecule has 2 aliphatic carbocycles. The Balaban J connectivity index is 1.71. The van der Waals surface area contributed by atoms with Crippen molar-refractivity contribution < 1.29 is 19.4 Å². The fourth-order valence-electron chi connectivity index (χ4n) is 4.77. The SMILES string of the molecule is C[C@@]12OC(=O)[C@]1([C@@H](O)C1CCCCC1)NC(=O)C21CC1. The number of aliphatic hydroxyl groups is 1. The zero-order valence-corrected chi connectivity index (χ0v) is 11.8. The van der Waals surface area contributed by atoms with Gasteiger partial charge in [-0.05, 0) is 38.5 Å². The highest BCUT2D eigenvalue weighted by atomic mass is 16.6. The second-order valence-electron chi connectivity index (χ2n) is 7.11. The lowest BCUT2D eigenvalue weighted by Gasteiger charge is -2.55. The second kappa shape index (κ2) is 3.56. The maximum Gasteiger partial charge on any atom is 0.339 e. The van der Waals surface area contributed by atoms with E-state index < -0.39 is 28.6 Å². The maximum atomic E-state index is 12.3. The van der Waals surface area contributed by atoms with E-state index >= 15 is 0 Å². The van der Waals surface area contributed by atoms with Gasteiger partial charge in [-0.3, -0.25) is 4.79 Å². The lowest BCUT2D eigenvalue weighted by atomic mass is 9.63. The molecule has 2 aliphatic heterocycles. The van der Waals surface area contributed by atoms with Crippen molar-refractivity contribution in [2.45, 2.75) is 69.1 Å². The van der Waals surface area contributed by atoms with Gasteiger partial charge in [0.15, 0.2) is 5.60 Å². The van der Waals surface area contributed by atoms with Gasteiger partial charge >= 0.3 is 5.97 Å². The fraction of sp³-hybridized carbons (Fsp3) is 0.867. The number of hydrogen-bond acceptors (Lipinski definition) is 4. The molecule has 5 nitrogen and oxygen atoms in total. The van der Waals surface area contributed by atoms with E-state index in [9.17, 15) is 14.7 Å². The minimum atomic E-state index is -1.19. The summed E-state index contributed by atoms with van der Waals surface area (Å²) in [6, 6.07) is 0. The molecule has 4 aliphatic rings. The van der Waals surface area contributed by atoms with Crippen LogP contribution in [0.2, 0.25) is 0 Å². The zero-order valence-electron chi connectivity index (χ0n) is 11.8. The number of esters is 1. The Morgan fingerprint density at radius 3 is 2.45 bits per heavy atom. The molecule has 20 heavy (non-hydrogen) atoms. The average molecular weight is 279 g/mol. The highest BCUT2D eigenvalue weighted by molar-refractivity contribution is 6.05. The van der Waals surface area contributed by atoms with E-state index in [0.717, 1.165) is 38.5 Å². The van der Waals surface area contributed by atoms with Crippen LogP contribution >= 0.6 is 0 Å². The van der Waals surface area contributed by atoms with E-state index in [1.54, 1.807) is 0 Å². The molecular formula is C15H21NO4. The third-order valence-electron chi connectivity index (χ3n) is 6.32. The summed E-state index contributed by atoms with van der Waals surface area (Å²) >= 11 is 0. The molecule has 4 fully saturated rings. The minimum Gasteiger partial charge on any atom is -0.453 e. The van der Waals surface area contributed by atoms with Crippen LogP contribution in [-0.2, 0) is 14.3 Å². The highest BCUT2D eigenvalue weighted by Gasteiger charge is 2.88. The summed E-state index contributed by atoms with van der Waals surface area (Å²) in [6.45, 7) is 1.82. The standard InChI is InChI=1S/C15H21NO4/c1-13-14(7-8-14)11(18)16-15(13,12(19)20-13)10(17)9-5-3-2-4-6-9/h9-10,17H,2-8H2,1H3,(H,16,18)/t10-,13-,15-/m0/s1. The summed E-state index contributed by atoms with van der Waals surface area (Å²) < 4.78 is 5.43. The number of fused-ring (bicyclic) bond motifs is 2. The number of nitrogens with one attached hydrogen (secondary N) is 1. The van der Waals surface area contributed by atoms with Gasteiger partial charge in [0, 0.05) is 0 Å². The zero-order chi connectivity index (χ0) is 14.2. The molecule has 1 amide bonds. The number of hydrogen-bond donors (Lipinski definition) is 2. The van der Waals surface area contributed by atoms with Crippen LogP contribution in [0.5, 0.6) is 0 Å². The van der Waals surface area contributed by atoms with Crippen LogP contribution in [0.1, 0.15) is 51.9 Å². The van der Waals surface area contributed by atoms with E-state index in [1.165, 1.54) is 6.42 Å². The molecule has 2 saturated carbocycles. The first-order chi connectivity index (χ1) is 9.48. The van der Waals surface area contributed by atoms with Crippen molar-refractivity contribution in [3.63, 3.8) is 0 Å². The van der Waals surface area contributed by atoms with Gasteiger partial charge in [-0.15, -0.1) is 0 Å². The minimum absolute atomic E-state index is 0.0881. The number of ether oxygens (including phenoxy) is 1. The Kier molecular flexibility index (Phi) is 2.25. The fourth-order valence-corrected chi connectivity index (χ4v) is 4.77. The Morgan fingerprint density at radius 1 is 1.25 bits per heavy atom. The molecule has 0 unspecified atom stereocenters. The molecule has 0 radical (unpaired) electrons. The van der Waals surface area contributed by atoms with Crippen molar-refractivity contribution in [2.24, 2.45) is 11.3 Å². The Bertz CT molecular complexity index is 494. The van der Waals surface area contributed by atoms with Gasteiger partial charge in [-0.2, -0.15) is 0 Å². The van der Waals surface area contributed by atoms with Gasteiger partial charge in [0.1, 0.15) is 0 Å². The molecule has 0 aromatic heterocycles. The lowest BCUT2D eigenvalue weighted by Crippen LogP contribution is -2.80. The van der Waals surface area contributed by atoms with Gasteiger partial charge in [-0.1, -0.05) is 19.3 Å².